The molecule has 2 unspecified atom stereocenters. The predicted molar refractivity (Wildman–Crippen MR) is 142 cm³/mol. The Kier molecular flexibility index (Phi) is 7.87. The zero-order valence-electron chi connectivity index (χ0n) is 22.0. The summed E-state index contributed by atoms with van der Waals surface area (Å²) < 4.78 is 123. The van der Waals surface area contributed by atoms with Crippen LogP contribution in [-0.4, -0.2) is 44.2 Å². The van der Waals surface area contributed by atoms with Crippen molar-refractivity contribution in [3.05, 3.63) is 63.1 Å². The van der Waals surface area contributed by atoms with Gasteiger partial charge in [-0.15, -0.1) is 0 Å². The van der Waals surface area contributed by atoms with Crippen LogP contribution in [0.3, 0.4) is 0 Å². The van der Waals surface area contributed by atoms with Crippen LogP contribution in [-0.2, 0) is 31.5 Å². The van der Waals surface area contributed by atoms with Gasteiger partial charge in [0.15, 0.2) is 9.84 Å². The van der Waals surface area contributed by atoms with Crippen LogP contribution in [0.2, 0.25) is 10.0 Å². The molecule has 0 bridgehead atoms. The van der Waals surface area contributed by atoms with Gasteiger partial charge in [-0.25, -0.2) is 12.8 Å². The van der Waals surface area contributed by atoms with Gasteiger partial charge in [-0.2, -0.15) is 26.3 Å². The number of aryl methyl sites for hydroxylation is 1. The molecular formula is C28H26Cl2F7NO3S. The molecule has 2 aromatic rings. The average Bonchev–Trinajstić information content (AvgIpc) is 3.34. The zero-order chi connectivity index (χ0) is 30.9. The van der Waals surface area contributed by atoms with Gasteiger partial charge in [0.05, 0.1) is 21.0 Å². The maximum Gasteiger partial charge on any atom is 0.435 e. The molecule has 3 aliphatic rings. The summed E-state index contributed by atoms with van der Waals surface area (Å²) in [5.41, 5.74) is -7.57. The smallest absolute Gasteiger partial charge is 0.337 e. The van der Waals surface area contributed by atoms with Crippen molar-refractivity contribution in [1.29, 1.82) is 0 Å². The summed E-state index contributed by atoms with van der Waals surface area (Å²) in [6, 6.07) is 4.29. The molecule has 1 aliphatic heterocycles. The number of benzene rings is 2. The molecule has 14 heteroatoms. The van der Waals surface area contributed by atoms with E-state index in [1.54, 1.807) is 0 Å². The normalized spacial score (nSPS) is 23.9. The van der Waals surface area contributed by atoms with Crippen molar-refractivity contribution >= 4 is 38.9 Å². The molecule has 2 aliphatic carbocycles. The number of nitrogens with zero attached hydrogens (tertiary/aromatic N) is 1. The number of hydrogen-bond donors (Lipinski definition) is 0. The molecule has 0 radical (unpaired) electrons. The molecule has 230 valence electrons. The Morgan fingerprint density at radius 1 is 0.857 bits per heavy atom. The molecule has 5 rings (SSSR count). The second-order valence-corrected chi connectivity index (χ2v) is 14.2. The van der Waals surface area contributed by atoms with Crippen LogP contribution in [0, 0.1) is 5.92 Å². The van der Waals surface area contributed by atoms with Crippen LogP contribution in [0.1, 0.15) is 61.6 Å². The Bertz CT molecular complexity index is 1490. The third-order valence-electron chi connectivity index (χ3n) is 8.98. The van der Waals surface area contributed by atoms with Crippen LogP contribution < -0.4 is 0 Å². The SMILES string of the molecule is O=C(C1CCCCC1)N1CCC2(S(=O)(=O)c3ccc(Cl)c(Cl)c3)c3ccc(C(F)(C(F)(F)F)C(F)(F)F)cc3CCC12. The number of alkyl halides is 7. The first-order chi connectivity index (χ1) is 19.5. The van der Waals surface area contributed by atoms with E-state index in [-0.39, 0.29) is 63.7 Å². The Balaban J connectivity index is 1.69. The molecule has 0 N–H and O–H groups in total. The lowest BCUT2D eigenvalue weighted by Gasteiger charge is -2.43. The average molecular weight is 660 g/mol. The highest BCUT2D eigenvalue weighted by Crippen LogP contribution is 2.57. The van der Waals surface area contributed by atoms with E-state index < -0.39 is 44.2 Å². The Labute approximate surface area is 248 Å². The molecule has 2 atom stereocenters. The van der Waals surface area contributed by atoms with Crippen molar-refractivity contribution in [2.24, 2.45) is 5.92 Å². The molecule has 1 saturated heterocycles. The summed E-state index contributed by atoms with van der Waals surface area (Å²) in [4.78, 5) is 14.9. The zero-order valence-corrected chi connectivity index (χ0v) is 24.3. The van der Waals surface area contributed by atoms with E-state index >= 15 is 0 Å². The van der Waals surface area contributed by atoms with Gasteiger partial charge in [-0.1, -0.05) is 60.7 Å². The number of rotatable bonds is 4. The van der Waals surface area contributed by atoms with Gasteiger partial charge in [0.2, 0.25) is 5.91 Å². The summed E-state index contributed by atoms with van der Waals surface area (Å²) in [6.07, 6.45) is -9.08. The standard InChI is InChI=1S/C28H26Cl2F7NO3S/c29-21-10-8-19(15-22(21)30)42(40,41)25-12-13-38(24(39)16-4-2-1-3-5-16)23(25)11-6-17-14-18(7-9-20(17)25)26(31,27(32,33)34)28(35,36)37/h7-10,14-16,23H,1-6,11-13H2. The lowest BCUT2D eigenvalue weighted by Crippen LogP contribution is -2.53. The first-order valence-electron chi connectivity index (χ1n) is 13.4. The molecule has 0 spiro atoms. The topological polar surface area (TPSA) is 54.5 Å². The first kappa shape index (κ1) is 31.4. The highest BCUT2D eigenvalue weighted by Gasteiger charge is 2.74. The van der Waals surface area contributed by atoms with Gasteiger partial charge < -0.3 is 4.90 Å². The molecule has 4 nitrogen and oxygen atoms in total. The number of sulfone groups is 1. The van der Waals surface area contributed by atoms with Crippen LogP contribution in [0.4, 0.5) is 30.7 Å². The van der Waals surface area contributed by atoms with Crippen molar-refractivity contribution in [2.75, 3.05) is 6.54 Å². The molecule has 1 saturated carbocycles. The number of amides is 1. The van der Waals surface area contributed by atoms with Crippen LogP contribution >= 0.6 is 23.2 Å². The first-order valence-corrected chi connectivity index (χ1v) is 15.7. The summed E-state index contributed by atoms with van der Waals surface area (Å²) in [5.74, 6) is -0.528. The lowest BCUT2D eigenvalue weighted by molar-refractivity contribution is -0.348. The lowest BCUT2D eigenvalue weighted by atomic mass is 9.76. The van der Waals surface area contributed by atoms with E-state index in [1.165, 1.54) is 17.0 Å². The fourth-order valence-electron chi connectivity index (χ4n) is 6.93. The summed E-state index contributed by atoms with van der Waals surface area (Å²) in [7, 11) is -4.49. The van der Waals surface area contributed by atoms with Gasteiger partial charge >= 0.3 is 18.0 Å². The van der Waals surface area contributed by atoms with E-state index in [0.29, 0.717) is 25.0 Å². The second kappa shape index (κ2) is 10.5. The van der Waals surface area contributed by atoms with Crippen LogP contribution in [0.25, 0.3) is 0 Å². The number of fused-ring (bicyclic) bond motifs is 3. The third-order valence-corrected chi connectivity index (χ3v) is 12.3. The van der Waals surface area contributed by atoms with Gasteiger partial charge in [0, 0.05) is 18.0 Å². The minimum Gasteiger partial charge on any atom is -0.337 e. The van der Waals surface area contributed by atoms with Gasteiger partial charge in [-0.05, 0) is 61.4 Å². The fourth-order valence-corrected chi connectivity index (χ4v) is 9.69. The van der Waals surface area contributed by atoms with Gasteiger partial charge in [0.1, 0.15) is 4.75 Å². The van der Waals surface area contributed by atoms with Crippen molar-refractivity contribution in [2.45, 2.75) is 85.1 Å². The Morgan fingerprint density at radius 2 is 1.50 bits per heavy atom. The van der Waals surface area contributed by atoms with Crippen molar-refractivity contribution < 1.29 is 43.9 Å². The molecule has 0 aromatic heterocycles. The number of likely N-dealkylation sites (tertiary alicyclic amines) is 1. The highest BCUT2D eigenvalue weighted by atomic mass is 35.5. The van der Waals surface area contributed by atoms with Crippen LogP contribution in [0.5, 0.6) is 0 Å². The highest BCUT2D eigenvalue weighted by molar-refractivity contribution is 7.92. The van der Waals surface area contributed by atoms with Gasteiger partial charge in [-0.3, -0.25) is 4.79 Å². The summed E-state index contributed by atoms with van der Waals surface area (Å²) in [6.45, 7) is 0.0138. The van der Waals surface area contributed by atoms with Crippen molar-refractivity contribution in [3.63, 3.8) is 0 Å². The third kappa shape index (κ3) is 4.62. The molecular weight excluding hydrogens is 634 g/mol. The molecule has 2 fully saturated rings. The maximum atomic E-state index is 15.0. The minimum absolute atomic E-state index is 0.0138. The quantitative estimate of drug-likeness (QED) is 0.312. The van der Waals surface area contributed by atoms with Gasteiger partial charge in [0.25, 0.3) is 0 Å². The number of hydrogen-bond acceptors (Lipinski definition) is 3. The summed E-state index contributed by atoms with van der Waals surface area (Å²) in [5, 5.41) is -0.0137. The van der Waals surface area contributed by atoms with E-state index in [9.17, 15) is 43.9 Å². The van der Waals surface area contributed by atoms with E-state index in [2.05, 4.69) is 0 Å². The van der Waals surface area contributed by atoms with Crippen LogP contribution in [0.15, 0.2) is 41.3 Å². The number of carbonyl (C=O) groups is 1. The van der Waals surface area contributed by atoms with Crippen molar-refractivity contribution in [1.82, 2.24) is 4.90 Å². The van der Waals surface area contributed by atoms with E-state index in [1.807, 2.05) is 0 Å². The second-order valence-electron chi connectivity index (χ2n) is 11.2. The minimum atomic E-state index is -6.32. The number of halogens is 9. The Hall–Kier alpha value is -2.05. The van der Waals surface area contributed by atoms with Crippen molar-refractivity contribution in [3.8, 4) is 0 Å². The maximum absolute atomic E-state index is 15.0. The monoisotopic (exact) mass is 659 g/mol. The fraction of sp³-hybridized carbons (Fsp3) is 0.536. The predicted octanol–water partition coefficient (Wildman–Crippen LogP) is 8.08. The Morgan fingerprint density at radius 3 is 2.10 bits per heavy atom. The van der Waals surface area contributed by atoms with E-state index in [0.717, 1.165) is 31.4 Å². The largest absolute Gasteiger partial charge is 0.435 e. The molecule has 2 aromatic carbocycles. The molecule has 42 heavy (non-hydrogen) atoms. The number of carbonyl (C=O) groups excluding carboxylic acids is 1. The summed E-state index contributed by atoms with van der Waals surface area (Å²) >= 11 is 12.1. The molecule has 1 heterocycles. The van der Waals surface area contributed by atoms with E-state index in [4.69, 9.17) is 23.2 Å². The molecule has 1 amide bonds.